The zero-order chi connectivity index (χ0) is 15.1. The van der Waals surface area contributed by atoms with Crippen molar-refractivity contribution < 1.29 is 9.84 Å². The van der Waals surface area contributed by atoms with Crippen molar-refractivity contribution in [1.29, 1.82) is 5.26 Å². The van der Waals surface area contributed by atoms with Crippen LogP contribution in [-0.4, -0.2) is 24.4 Å². The summed E-state index contributed by atoms with van der Waals surface area (Å²) < 4.78 is 5.48. The minimum Gasteiger partial charge on any atom is -0.491 e. The van der Waals surface area contributed by atoms with Crippen molar-refractivity contribution in [2.75, 3.05) is 18.5 Å². The van der Waals surface area contributed by atoms with Crippen molar-refractivity contribution in [2.24, 2.45) is 0 Å². The average Bonchev–Trinajstić information content (AvgIpc) is 2.53. The van der Waals surface area contributed by atoms with E-state index >= 15 is 0 Å². The Balaban J connectivity index is 1.75. The first-order chi connectivity index (χ1) is 10.2. The summed E-state index contributed by atoms with van der Waals surface area (Å²) in [7, 11) is 0. The van der Waals surface area contributed by atoms with Crippen molar-refractivity contribution in [3.8, 4) is 11.8 Å². The summed E-state index contributed by atoms with van der Waals surface area (Å²) in [5, 5.41) is 21.7. The van der Waals surface area contributed by atoms with Gasteiger partial charge in [0.1, 0.15) is 18.5 Å². The first-order valence-corrected chi connectivity index (χ1v) is 6.79. The number of nitrogens with zero attached hydrogens (tertiary/aromatic N) is 1. The molecule has 0 amide bonds. The normalized spacial score (nSPS) is 11.5. The molecule has 0 radical (unpaired) electrons. The molecule has 4 nitrogen and oxygen atoms in total. The third-order valence-electron chi connectivity index (χ3n) is 3.02. The fraction of sp³-hybridized carbons (Fsp3) is 0.235. The molecular weight excluding hydrogens is 264 g/mol. The van der Waals surface area contributed by atoms with Crippen molar-refractivity contribution in [2.45, 2.75) is 13.0 Å². The molecular formula is C17H18N2O2. The maximum absolute atomic E-state index is 9.89. The summed E-state index contributed by atoms with van der Waals surface area (Å²) in [6, 6.07) is 16.8. The second kappa shape index (κ2) is 7.32. The van der Waals surface area contributed by atoms with E-state index in [-0.39, 0.29) is 6.61 Å². The van der Waals surface area contributed by atoms with Gasteiger partial charge in [-0.2, -0.15) is 5.26 Å². The number of benzene rings is 2. The zero-order valence-corrected chi connectivity index (χ0v) is 11.9. The lowest BCUT2D eigenvalue weighted by Crippen LogP contribution is -2.26. The molecule has 0 bridgehead atoms. The smallest absolute Gasteiger partial charge is 0.119 e. The third-order valence-corrected chi connectivity index (χ3v) is 3.02. The Bertz CT molecular complexity index is 600. The molecule has 0 aliphatic heterocycles. The SMILES string of the molecule is Cc1ccc(NCC(O)COc2ccc(C#N)cc2)cc1. The van der Waals surface area contributed by atoms with Crippen LogP contribution in [0.15, 0.2) is 48.5 Å². The van der Waals surface area contributed by atoms with Crippen LogP contribution < -0.4 is 10.1 Å². The van der Waals surface area contributed by atoms with E-state index in [4.69, 9.17) is 10.00 Å². The molecule has 0 heterocycles. The molecule has 0 saturated heterocycles. The molecule has 0 aromatic heterocycles. The molecule has 2 rings (SSSR count). The van der Waals surface area contributed by atoms with Gasteiger partial charge >= 0.3 is 0 Å². The molecule has 0 aliphatic carbocycles. The molecule has 0 spiro atoms. The monoisotopic (exact) mass is 282 g/mol. The molecule has 4 heteroatoms. The summed E-state index contributed by atoms with van der Waals surface area (Å²) in [5.41, 5.74) is 2.76. The molecule has 108 valence electrons. The summed E-state index contributed by atoms with van der Waals surface area (Å²) in [4.78, 5) is 0. The van der Waals surface area contributed by atoms with Crippen molar-refractivity contribution in [3.05, 3.63) is 59.7 Å². The van der Waals surface area contributed by atoms with Crippen LogP contribution in [0.5, 0.6) is 5.75 Å². The van der Waals surface area contributed by atoms with Gasteiger partial charge in [0.05, 0.1) is 11.6 Å². The van der Waals surface area contributed by atoms with Crippen LogP contribution in [0.25, 0.3) is 0 Å². The number of ether oxygens (including phenoxy) is 1. The van der Waals surface area contributed by atoms with Crippen LogP contribution >= 0.6 is 0 Å². The van der Waals surface area contributed by atoms with Crippen LogP contribution in [0.4, 0.5) is 5.69 Å². The fourth-order valence-corrected chi connectivity index (χ4v) is 1.78. The lowest BCUT2D eigenvalue weighted by atomic mass is 10.2. The van der Waals surface area contributed by atoms with E-state index in [2.05, 4.69) is 5.32 Å². The number of aliphatic hydroxyl groups excluding tert-OH is 1. The van der Waals surface area contributed by atoms with E-state index in [9.17, 15) is 5.11 Å². The summed E-state index contributed by atoms with van der Waals surface area (Å²) in [6.07, 6.45) is -0.609. The number of hydrogen-bond donors (Lipinski definition) is 2. The van der Waals surface area contributed by atoms with Crippen LogP contribution in [0.1, 0.15) is 11.1 Å². The average molecular weight is 282 g/mol. The summed E-state index contributed by atoms with van der Waals surface area (Å²) in [6.45, 7) is 2.65. The van der Waals surface area contributed by atoms with E-state index in [1.54, 1.807) is 24.3 Å². The fourth-order valence-electron chi connectivity index (χ4n) is 1.78. The number of anilines is 1. The second-order valence-electron chi connectivity index (χ2n) is 4.85. The van der Waals surface area contributed by atoms with Gasteiger partial charge in [0.15, 0.2) is 0 Å². The van der Waals surface area contributed by atoms with Crippen LogP contribution in [-0.2, 0) is 0 Å². The van der Waals surface area contributed by atoms with E-state index in [1.807, 2.05) is 37.3 Å². The van der Waals surface area contributed by atoms with E-state index in [0.717, 1.165) is 5.69 Å². The van der Waals surface area contributed by atoms with Gasteiger partial charge in [-0.25, -0.2) is 0 Å². The second-order valence-corrected chi connectivity index (χ2v) is 4.85. The number of hydrogen-bond acceptors (Lipinski definition) is 4. The van der Waals surface area contributed by atoms with Gasteiger partial charge in [-0.15, -0.1) is 0 Å². The quantitative estimate of drug-likeness (QED) is 0.855. The third kappa shape index (κ3) is 4.83. The Morgan fingerprint density at radius 3 is 2.43 bits per heavy atom. The minimum atomic E-state index is -0.609. The lowest BCUT2D eigenvalue weighted by Gasteiger charge is -2.14. The highest BCUT2D eigenvalue weighted by molar-refractivity contribution is 5.44. The van der Waals surface area contributed by atoms with Crippen molar-refractivity contribution in [3.63, 3.8) is 0 Å². The Labute approximate surface area is 124 Å². The van der Waals surface area contributed by atoms with Crippen LogP contribution in [0, 0.1) is 18.3 Å². The Hall–Kier alpha value is -2.51. The van der Waals surface area contributed by atoms with Gasteiger partial charge in [-0.05, 0) is 43.3 Å². The molecule has 0 saturated carbocycles. The van der Waals surface area contributed by atoms with Crippen LogP contribution in [0.3, 0.4) is 0 Å². The topological polar surface area (TPSA) is 65.3 Å². The highest BCUT2D eigenvalue weighted by Crippen LogP contribution is 2.12. The molecule has 1 atom stereocenters. The maximum Gasteiger partial charge on any atom is 0.119 e. The predicted octanol–water partition coefficient (Wildman–Crippen LogP) is 2.72. The molecule has 2 N–H and O–H groups in total. The van der Waals surface area contributed by atoms with Gasteiger partial charge in [-0.1, -0.05) is 17.7 Å². The zero-order valence-electron chi connectivity index (χ0n) is 11.9. The Morgan fingerprint density at radius 2 is 1.81 bits per heavy atom. The molecule has 0 aliphatic rings. The first-order valence-electron chi connectivity index (χ1n) is 6.79. The minimum absolute atomic E-state index is 0.199. The number of aliphatic hydroxyl groups is 1. The van der Waals surface area contributed by atoms with Gasteiger partial charge in [-0.3, -0.25) is 0 Å². The van der Waals surface area contributed by atoms with E-state index in [0.29, 0.717) is 17.9 Å². The van der Waals surface area contributed by atoms with Crippen molar-refractivity contribution in [1.82, 2.24) is 0 Å². The van der Waals surface area contributed by atoms with Gasteiger partial charge in [0.25, 0.3) is 0 Å². The lowest BCUT2D eigenvalue weighted by molar-refractivity contribution is 0.117. The first kappa shape index (κ1) is 14.9. The Kier molecular flexibility index (Phi) is 5.19. The van der Waals surface area contributed by atoms with E-state index in [1.165, 1.54) is 5.56 Å². The molecule has 2 aromatic rings. The standard InChI is InChI=1S/C17H18N2O2/c1-13-2-6-15(7-3-13)19-11-16(20)12-21-17-8-4-14(10-18)5-9-17/h2-9,16,19-20H,11-12H2,1H3. The molecule has 21 heavy (non-hydrogen) atoms. The van der Waals surface area contributed by atoms with E-state index < -0.39 is 6.10 Å². The Morgan fingerprint density at radius 1 is 1.14 bits per heavy atom. The molecule has 1 unspecified atom stereocenters. The number of nitrogens with one attached hydrogen (secondary N) is 1. The predicted molar refractivity (Wildman–Crippen MR) is 82.3 cm³/mol. The highest BCUT2D eigenvalue weighted by Gasteiger charge is 2.05. The van der Waals surface area contributed by atoms with Gasteiger partial charge in [0.2, 0.25) is 0 Å². The largest absolute Gasteiger partial charge is 0.491 e. The van der Waals surface area contributed by atoms with Crippen molar-refractivity contribution >= 4 is 5.69 Å². The molecule has 0 fully saturated rings. The number of nitriles is 1. The summed E-state index contributed by atoms with van der Waals surface area (Å²) in [5.74, 6) is 0.642. The summed E-state index contributed by atoms with van der Waals surface area (Å²) >= 11 is 0. The highest BCUT2D eigenvalue weighted by atomic mass is 16.5. The number of rotatable bonds is 6. The maximum atomic E-state index is 9.89. The van der Waals surface area contributed by atoms with Gasteiger partial charge < -0.3 is 15.2 Å². The molecule has 2 aromatic carbocycles. The van der Waals surface area contributed by atoms with Gasteiger partial charge in [0, 0.05) is 12.2 Å². The number of aryl methyl sites for hydroxylation is 1. The van der Waals surface area contributed by atoms with Crippen LogP contribution in [0.2, 0.25) is 0 Å².